The largest absolute Gasteiger partial charge is 0.481 e. The molecule has 0 radical (unpaired) electrons. The highest BCUT2D eigenvalue weighted by atomic mass is 16.6. The van der Waals surface area contributed by atoms with Crippen LogP contribution in [-0.4, -0.2) is 35.2 Å². The minimum atomic E-state index is -0.801. The molecule has 5 heteroatoms. The Bertz CT molecular complexity index is 526. The predicted octanol–water partition coefficient (Wildman–Crippen LogP) is 2.37. The number of carboxylic acid groups (broad SMARTS) is 1. The van der Waals surface area contributed by atoms with Gasteiger partial charge in [0.25, 0.3) is 0 Å². The summed E-state index contributed by atoms with van der Waals surface area (Å²) in [6.45, 7) is 1.00. The molecule has 2 atom stereocenters. The van der Waals surface area contributed by atoms with E-state index < -0.39 is 18.0 Å². The van der Waals surface area contributed by atoms with Crippen molar-refractivity contribution >= 4 is 12.1 Å². The van der Waals surface area contributed by atoms with Gasteiger partial charge < -0.3 is 14.7 Å². The van der Waals surface area contributed by atoms with E-state index in [-0.39, 0.29) is 19.1 Å². The minimum absolute atomic E-state index is 0.0896. The number of nitrogens with zero attached hydrogens (tertiary/aromatic N) is 1. The molecule has 0 unspecified atom stereocenters. The topological polar surface area (TPSA) is 66.8 Å². The van der Waals surface area contributed by atoms with Crippen molar-refractivity contribution in [2.24, 2.45) is 17.8 Å². The van der Waals surface area contributed by atoms with Crippen molar-refractivity contribution < 1.29 is 19.4 Å². The molecule has 5 nitrogen and oxygen atoms in total. The number of carbonyl (C=O) groups excluding carboxylic acids is 1. The van der Waals surface area contributed by atoms with Gasteiger partial charge in [-0.3, -0.25) is 4.79 Å². The van der Waals surface area contributed by atoms with Gasteiger partial charge in [0.1, 0.15) is 6.61 Å². The van der Waals surface area contributed by atoms with E-state index in [9.17, 15) is 14.7 Å². The summed E-state index contributed by atoms with van der Waals surface area (Å²) < 4.78 is 5.28. The van der Waals surface area contributed by atoms with Crippen LogP contribution < -0.4 is 0 Å². The number of hydrogen-bond donors (Lipinski definition) is 1. The fraction of sp³-hybridized carbons (Fsp3) is 0.500. The molecule has 1 aromatic carbocycles. The van der Waals surface area contributed by atoms with Crippen LogP contribution in [0.2, 0.25) is 0 Å². The number of aliphatic carboxylic acids is 1. The van der Waals surface area contributed by atoms with Crippen molar-refractivity contribution in [1.29, 1.82) is 0 Å². The summed E-state index contributed by atoms with van der Waals surface area (Å²) in [6.07, 6.45) is 1.76. The minimum Gasteiger partial charge on any atom is -0.481 e. The standard InChI is InChI=1S/C16H19NO4/c18-15(19)14-9-17(8-13(14)12-6-7-12)16(20)21-10-11-4-2-1-3-5-11/h1-5,12-14H,6-10H2,(H,18,19)/t13-,14-/m1/s1. The number of benzene rings is 1. The van der Waals surface area contributed by atoms with Crippen LogP contribution in [0.3, 0.4) is 0 Å². The van der Waals surface area contributed by atoms with Gasteiger partial charge in [0, 0.05) is 13.1 Å². The highest BCUT2D eigenvalue weighted by Gasteiger charge is 2.47. The number of carbonyl (C=O) groups is 2. The van der Waals surface area contributed by atoms with E-state index in [1.807, 2.05) is 30.3 Å². The second-order valence-corrected chi connectivity index (χ2v) is 5.89. The van der Waals surface area contributed by atoms with Gasteiger partial charge in [-0.2, -0.15) is 0 Å². The maximum Gasteiger partial charge on any atom is 0.410 e. The lowest BCUT2D eigenvalue weighted by atomic mass is 9.92. The zero-order chi connectivity index (χ0) is 14.8. The van der Waals surface area contributed by atoms with Gasteiger partial charge in [-0.25, -0.2) is 4.79 Å². The second-order valence-electron chi connectivity index (χ2n) is 5.89. The molecule has 0 aromatic heterocycles. The Balaban J connectivity index is 1.56. The number of rotatable bonds is 4. The molecule has 0 bridgehead atoms. The summed E-state index contributed by atoms with van der Waals surface area (Å²) in [5, 5.41) is 9.29. The van der Waals surface area contributed by atoms with Gasteiger partial charge >= 0.3 is 12.1 Å². The molecule has 1 saturated heterocycles. The Morgan fingerprint density at radius 2 is 1.90 bits per heavy atom. The summed E-state index contributed by atoms with van der Waals surface area (Å²) >= 11 is 0. The van der Waals surface area contributed by atoms with E-state index in [4.69, 9.17) is 4.74 Å². The second kappa shape index (κ2) is 5.76. The van der Waals surface area contributed by atoms with E-state index >= 15 is 0 Å². The lowest BCUT2D eigenvalue weighted by molar-refractivity contribution is -0.142. The first-order valence-electron chi connectivity index (χ1n) is 7.33. The Morgan fingerprint density at radius 3 is 2.52 bits per heavy atom. The van der Waals surface area contributed by atoms with Crippen molar-refractivity contribution in [3.8, 4) is 0 Å². The molecule has 0 spiro atoms. The molecule has 3 rings (SSSR count). The van der Waals surface area contributed by atoms with Crippen molar-refractivity contribution in [1.82, 2.24) is 4.90 Å². The maximum atomic E-state index is 12.1. The summed E-state index contributed by atoms with van der Waals surface area (Å²) in [6, 6.07) is 9.48. The molecule has 1 aromatic rings. The molecule has 2 fully saturated rings. The average Bonchev–Trinajstić information content (AvgIpc) is 3.24. The molecule has 112 valence electrons. The van der Waals surface area contributed by atoms with Crippen LogP contribution in [0.5, 0.6) is 0 Å². The van der Waals surface area contributed by atoms with Gasteiger partial charge in [0.15, 0.2) is 0 Å². The summed E-state index contributed by atoms with van der Waals surface area (Å²) in [5.74, 6) is -0.683. The maximum absolute atomic E-state index is 12.1. The SMILES string of the molecule is O=C(O)[C@@H]1CN(C(=O)OCc2ccccc2)C[C@@H]1C1CC1. The molecular formula is C16H19NO4. The summed E-state index contributed by atoms with van der Waals surface area (Å²) in [7, 11) is 0. The molecule has 1 aliphatic carbocycles. The van der Waals surface area contributed by atoms with E-state index in [1.54, 1.807) is 4.90 Å². The molecule has 2 aliphatic rings. The molecular weight excluding hydrogens is 270 g/mol. The van der Waals surface area contributed by atoms with Crippen LogP contribution in [0.25, 0.3) is 0 Å². The van der Waals surface area contributed by atoms with Gasteiger partial charge in [-0.15, -0.1) is 0 Å². The van der Waals surface area contributed by atoms with Crippen LogP contribution in [0.1, 0.15) is 18.4 Å². The quantitative estimate of drug-likeness (QED) is 0.924. The fourth-order valence-corrected chi connectivity index (χ4v) is 3.05. The highest BCUT2D eigenvalue weighted by Crippen LogP contribution is 2.44. The first kappa shape index (κ1) is 13.9. The Morgan fingerprint density at radius 1 is 1.19 bits per heavy atom. The van der Waals surface area contributed by atoms with Crippen molar-refractivity contribution in [2.45, 2.75) is 19.4 Å². The Kier molecular flexibility index (Phi) is 3.82. The zero-order valence-electron chi connectivity index (χ0n) is 11.8. The monoisotopic (exact) mass is 289 g/mol. The van der Waals surface area contributed by atoms with Crippen molar-refractivity contribution in [2.75, 3.05) is 13.1 Å². The molecule has 1 N–H and O–H groups in total. The van der Waals surface area contributed by atoms with E-state index in [0.29, 0.717) is 12.5 Å². The summed E-state index contributed by atoms with van der Waals surface area (Å²) in [5.41, 5.74) is 0.929. The van der Waals surface area contributed by atoms with Crippen molar-refractivity contribution in [3.05, 3.63) is 35.9 Å². The predicted molar refractivity (Wildman–Crippen MR) is 75.5 cm³/mol. The van der Waals surface area contributed by atoms with Crippen LogP contribution >= 0.6 is 0 Å². The third-order valence-corrected chi connectivity index (χ3v) is 4.37. The lowest BCUT2D eigenvalue weighted by Crippen LogP contribution is -2.30. The van der Waals surface area contributed by atoms with Gasteiger partial charge in [0.2, 0.25) is 0 Å². The number of likely N-dealkylation sites (tertiary alicyclic amines) is 1. The Hall–Kier alpha value is -2.04. The van der Waals surface area contributed by atoms with Crippen LogP contribution in [0.15, 0.2) is 30.3 Å². The zero-order valence-corrected chi connectivity index (χ0v) is 11.8. The average molecular weight is 289 g/mol. The molecule has 1 amide bonds. The smallest absolute Gasteiger partial charge is 0.410 e. The van der Waals surface area contributed by atoms with Gasteiger partial charge in [0.05, 0.1) is 5.92 Å². The van der Waals surface area contributed by atoms with Crippen LogP contribution in [0, 0.1) is 17.8 Å². The summed E-state index contributed by atoms with van der Waals surface area (Å²) in [4.78, 5) is 24.9. The molecule has 1 heterocycles. The van der Waals surface area contributed by atoms with E-state index in [2.05, 4.69) is 0 Å². The third kappa shape index (κ3) is 3.17. The number of carboxylic acids is 1. The molecule has 1 aliphatic heterocycles. The number of hydrogen-bond acceptors (Lipinski definition) is 3. The molecule has 21 heavy (non-hydrogen) atoms. The first-order valence-corrected chi connectivity index (χ1v) is 7.33. The molecule has 1 saturated carbocycles. The number of ether oxygens (including phenoxy) is 1. The lowest BCUT2D eigenvalue weighted by Gasteiger charge is -2.16. The van der Waals surface area contributed by atoms with E-state index in [0.717, 1.165) is 18.4 Å². The Labute approximate surface area is 123 Å². The first-order chi connectivity index (χ1) is 10.1. The van der Waals surface area contributed by atoms with Crippen molar-refractivity contribution in [3.63, 3.8) is 0 Å². The highest BCUT2D eigenvalue weighted by molar-refractivity contribution is 5.74. The normalized spacial score (nSPS) is 24.9. The van der Waals surface area contributed by atoms with E-state index in [1.165, 1.54) is 0 Å². The fourth-order valence-electron chi connectivity index (χ4n) is 3.05. The number of amides is 1. The van der Waals surface area contributed by atoms with Gasteiger partial charge in [-0.05, 0) is 30.2 Å². The van der Waals surface area contributed by atoms with Crippen LogP contribution in [0.4, 0.5) is 4.79 Å². The third-order valence-electron chi connectivity index (χ3n) is 4.37. The van der Waals surface area contributed by atoms with Crippen LogP contribution in [-0.2, 0) is 16.1 Å². The van der Waals surface area contributed by atoms with Gasteiger partial charge in [-0.1, -0.05) is 30.3 Å².